The highest BCUT2D eigenvalue weighted by atomic mass is 35.5. The molecule has 0 aliphatic carbocycles. The van der Waals surface area contributed by atoms with Gasteiger partial charge in [-0.1, -0.05) is 29.8 Å². The second-order valence-electron chi connectivity index (χ2n) is 6.80. The quantitative estimate of drug-likeness (QED) is 0.487. The zero-order valence-electron chi connectivity index (χ0n) is 15.3. The number of anilines is 2. The van der Waals surface area contributed by atoms with Crippen molar-refractivity contribution < 1.29 is 13.2 Å². The van der Waals surface area contributed by atoms with E-state index in [1.807, 2.05) is 6.07 Å². The molecule has 0 fully saturated rings. The van der Waals surface area contributed by atoms with Gasteiger partial charge in [-0.05, 0) is 61.8 Å². The zero-order chi connectivity index (χ0) is 20.3. The fraction of sp³-hybridized carbons (Fsp3) is 0.350. The molecule has 0 saturated heterocycles. The SMILES string of the molecule is CC1Cc2ccccc2N1CCCNC(=S)Nc1ccc(Cl)c(C(F)(F)F)c1. The minimum atomic E-state index is -4.51. The normalized spacial score (nSPS) is 16.0. The van der Waals surface area contributed by atoms with Crippen molar-refractivity contribution in [3.05, 3.63) is 58.6 Å². The lowest BCUT2D eigenvalue weighted by molar-refractivity contribution is -0.137. The van der Waals surface area contributed by atoms with Gasteiger partial charge in [0.05, 0.1) is 10.6 Å². The summed E-state index contributed by atoms with van der Waals surface area (Å²) in [5.41, 5.74) is 2.00. The van der Waals surface area contributed by atoms with Crippen molar-refractivity contribution in [3.8, 4) is 0 Å². The fourth-order valence-electron chi connectivity index (χ4n) is 3.42. The van der Waals surface area contributed by atoms with Crippen LogP contribution in [0.5, 0.6) is 0 Å². The summed E-state index contributed by atoms with van der Waals surface area (Å²) in [4.78, 5) is 2.38. The first-order chi connectivity index (χ1) is 13.3. The monoisotopic (exact) mass is 427 g/mol. The summed E-state index contributed by atoms with van der Waals surface area (Å²) in [6.07, 6.45) is -2.61. The van der Waals surface area contributed by atoms with Gasteiger partial charge in [-0.15, -0.1) is 0 Å². The minimum absolute atomic E-state index is 0.247. The summed E-state index contributed by atoms with van der Waals surface area (Å²) < 4.78 is 38.8. The molecule has 1 aliphatic heterocycles. The summed E-state index contributed by atoms with van der Waals surface area (Å²) >= 11 is 10.8. The molecule has 2 aromatic rings. The van der Waals surface area contributed by atoms with E-state index in [-0.39, 0.29) is 15.8 Å². The molecule has 1 aliphatic rings. The molecule has 0 bridgehead atoms. The summed E-state index contributed by atoms with van der Waals surface area (Å²) in [6, 6.07) is 12.5. The number of nitrogens with one attached hydrogen (secondary N) is 2. The highest BCUT2D eigenvalue weighted by Crippen LogP contribution is 2.36. The number of hydrogen-bond donors (Lipinski definition) is 2. The van der Waals surface area contributed by atoms with E-state index in [2.05, 4.69) is 40.7 Å². The number of rotatable bonds is 5. The summed E-state index contributed by atoms with van der Waals surface area (Å²) in [6.45, 7) is 3.71. The van der Waals surface area contributed by atoms with Crippen LogP contribution in [-0.4, -0.2) is 24.2 Å². The number of thiocarbonyl (C=S) groups is 1. The van der Waals surface area contributed by atoms with Gasteiger partial charge in [0.25, 0.3) is 0 Å². The van der Waals surface area contributed by atoms with Crippen LogP contribution in [0.4, 0.5) is 24.5 Å². The van der Waals surface area contributed by atoms with Gasteiger partial charge in [0.1, 0.15) is 0 Å². The van der Waals surface area contributed by atoms with Crippen molar-refractivity contribution in [2.75, 3.05) is 23.3 Å². The largest absolute Gasteiger partial charge is 0.417 e. The van der Waals surface area contributed by atoms with Gasteiger partial charge in [-0.3, -0.25) is 0 Å². The Hall–Kier alpha value is -1.99. The van der Waals surface area contributed by atoms with Gasteiger partial charge in [-0.25, -0.2) is 0 Å². The van der Waals surface area contributed by atoms with E-state index in [1.54, 1.807) is 0 Å². The summed E-state index contributed by atoms with van der Waals surface area (Å²) in [5.74, 6) is 0. The van der Waals surface area contributed by atoms with Crippen molar-refractivity contribution in [2.45, 2.75) is 32.0 Å². The van der Waals surface area contributed by atoms with Crippen LogP contribution >= 0.6 is 23.8 Å². The predicted octanol–water partition coefficient (Wildman–Crippen LogP) is 5.49. The Morgan fingerprint density at radius 2 is 2.00 bits per heavy atom. The van der Waals surface area contributed by atoms with Crippen LogP contribution in [0.25, 0.3) is 0 Å². The maximum Gasteiger partial charge on any atom is 0.417 e. The minimum Gasteiger partial charge on any atom is -0.368 e. The fourth-order valence-corrected chi connectivity index (χ4v) is 3.86. The van der Waals surface area contributed by atoms with E-state index >= 15 is 0 Å². The van der Waals surface area contributed by atoms with Gasteiger partial charge in [0, 0.05) is 30.5 Å². The van der Waals surface area contributed by atoms with E-state index in [4.69, 9.17) is 23.8 Å². The lowest BCUT2D eigenvalue weighted by Crippen LogP contribution is -2.34. The second-order valence-corrected chi connectivity index (χ2v) is 7.62. The Balaban J connectivity index is 1.48. The van der Waals surface area contributed by atoms with Crippen molar-refractivity contribution >= 4 is 40.3 Å². The molecule has 1 unspecified atom stereocenters. The van der Waals surface area contributed by atoms with Gasteiger partial charge in [-0.2, -0.15) is 13.2 Å². The molecular weight excluding hydrogens is 407 g/mol. The van der Waals surface area contributed by atoms with E-state index < -0.39 is 11.7 Å². The third kappa shape index (κ3) is 4.89. The highest BCUT2D eigenvalue weighted by molar-refractivity contribution is 7.80. The first kappa shape index (κ1) is 20.7. The number of para-hydroxylation sites is 1. The maximum absolute atomic E-state index is 12.9. The Bertz CT molecular complexity index is 857. The molecule has 28 heavy (non-hydrogen) atoms. The van der Waals surface area contributed by atoms with Crippen LogP contribution in [0.2, 0.25) is 5.02 Å². The van der Waals surface area contributed by atoms with Gasteiger partial charge in [0.15, 0.2) is 5.11 Å². The Labute approximate surface area is 172 Å². The van der Waals surface area contributed by atoms with Crippen molar-refractivity contribution in [3.63, 3.8) is 0 Å². The molecule has 8 heteroatoms. The molecule has 0 amide bonds. The van der Waals surface area contributed by atoms with Crippen LogP contribution in [0.3, 0.4) is 0 Å². The Morgan fingerprint density at radius 3 is 2.75 bits per heavy atom. The van der Waals surface area contributed by atoms with Crippen molar-refractivity contribution in [1.29, 1.82) is 0 Å². The third-order valence-corrected chi connectivity index (χ3v) is 5.32. The van der Waals surface area contributed by atoms with E-state index in [0.717, 1.165) is 25.5 Å². The van der Waals surface area contributed by atoms with Crippen molar-refractivity contribution in [1.82, 2.24) is 5.32 Å². The molecular formula is C20H21ClF3N3S. The maximum atomic E-state index is 12.9. The number of benzene rings is 2. The lowest BCUT2D eigenvalue weighted by Gasteiger charge is -2.25. The predicted molar refractivity (Wildman–Crippen MR) is 112 cm³/mol. The molecule has 0 radical (unpaired) electrons. The first-order valence-corrected chi connectivity index (χ1v) is 9.80. The van der Waals surface area contributed by atoms with E-state index in [0.29, 0.717) is 12.6 Å². The molecule has 0 saturated carbocycles. The van der Waals surface area contributed by atoms with E-state index in [1.165, 1.54) is 23.4 Å². The number of halogens is 4. The van der Waals surface area contributed by atoms with Crippen LogP contribution in [0.15, 0.2) is 42.5 Å². The van der Waals surface area contributed by atoms with Gasteiger partial charge < -0.3 is 15.5 Å². The molecule has 0 aromatic heterocycles. The van der Waals surface area contributed by atoms with Crippen LogP contribution in [0.1, 0.15) is 24.5 Å². The molecule has 3 nitrogen and oxygen atoms in total. The van der Waals surface area contributed by atoms with Gasteiger partial charge in [0.2, 0.25) is 0 Å². The average molecular weight is 428 g/mol. The first-order valence-electron chi connectivity index (χ1n) is 9.02. The lowest BCUT2D eigenvalue weighted by atomic mass is 10.1. The molecule has 1 atom stereocenters. The molecule has 3 rings (SSSR count). The molecule has 2 aromatic carbocycles. The van der Waals surface area contributed by atoms with Crippen LogP contribution in [0, 0.1) is 0 Å². The second kappa shape index (κ2) is 8.57. The standard InChI is InChI=1S/C20H21ClF3N3S/c1-13-11-14-5-2-3-6-18(14)27(13)10-4-9-25-19(28)26-15-7-8-17(21)16(12-15)20(22,23)24/h2-3,5-8,12-13H,4,9-11H2,1H3,(H2,25,26,28). The molecule has 1 heterocycles. The smallest absolute Gasteiger partial charge is 0.368 e. The van der Waals surface area contributed by atoms with E-state index in [9.17, 15) is 13.2 Å². The van der Waals surface area contributed by atoms with Crippen LogP contribution < -0.4 is 15.5 Å². The Kier molecular flexibility index (Phi) is 6.35. The average Bonchev–Trinajstić information content (AvgIpc) is 2.95. The van der Waals surface area contributed by atoms with Gasteiger partial charge >= 0.3 is 6.18 Å². The number of fused-ring (bicyclic) bond motifs is 1. The number of nitrogens with zero attached hydrogens (tertiary/aromatic N) is 1. The number of hydrogen-bond acceptors (Lipinski definition) is 2. The molecule has 150 valence electrons. The van der Waals surface area contributed by atoms with Crippen LogP contribution in [-0.2, 0) is 12.6 Å². The molecule has 0 spiro atoms. The summed E-state index contributed by atoms with van der Waals surface area (Å²) in [5, 5.41) is 5.78. The van der Waals surface area contributed by atoms with Crippen molar-refractivity contribution in [2.24, 2.45) is 0 Å². The number of alkyl halides is 3. The zero-order valence-corrected chi connectivity index (χ0v) is 16.9. The Morgan fingerprint density at radius 1 is 1.25 bits per heavy atom. The third-order valence-electron chi connectivity index (χ3n) is 4.74. The topological polar surface area (TPSA) is 27.3 Å². The summed E-state index contributed by atoms with van der Waals surface area (Å²) in [7, 11) is 0. The highest BCUT2D eigenvalue weighted by Gasteiger charge is 2.33. The molecule has 2 N–H and O–H groups in total.